The van der Waals surface area contributed by atoms with Crippen LogP contribution in [0.2, 0.25) is 10.0 Å². The molecule has 0 aliphatic heterocycles. The molecule has 1 heterocycles. The summed E-state index contributed by atoms with van der Waals surface area (Å²) in [4.78, 5) is 4.25. The number of benzene rings is 1. The van der Waals surface area contributed by atoms with E-state index in [2.05, 4.69) is 4.98 Å². The highest BCUT2D eigenvalue weighted by Crippen LogP contribution is 2.33. The van der Waals surface area contributed by atoms with Gasteiger partial charge in [0.05, 0.1) is 16.4 Å². The number of aryl methyl sites for hydroxylation is 1. The second kappa shape index (κ2) is 4.32. The van der Waals surface area contributed by atoms with Crippen molar-refractivity contribution in [3.05, 3.63) is 46.1 Å². The fraction of sp³-hybridized carbons (Fsp3) is 0.0833. The van der Waals surface area contributed by atoms with E-state index in [4.69, 9.17) is 28.9 Å². The number of nitrogen functional groups attached to an aromatic ring is 1. The van der Waals surface area contributed by atoms with Gasteiger partial charge in [-0.05, 0) is 36.8 Å². The van der Waals surface area contributed by atoms with Crippen LogP contribution in [0.4, 0.5) is 5.69 Å². The molecule has 0 unspecified atom stereocenters. The van der Waals surface area contributed by atoms with E-state index >= 15 is 0 Å². The van der Waals surface area contributed by atoms with Crippen molar-refractivity contribution in [3.8, 4) is 11.3 Å². The maximum atomic E-state index is 6.11. The Morgan fingerprint density at radius 1 is 1.19 bits per heavy atom. The van der Waals surface area contributed by atoms with Crippen LogP contribution in [0.15, 0.2) is 30.5 Å². The molecule has 0 fully saturated rings. The Bertz CT molecular complexity index is 539. The van der Waals surface area contributed by atoms with Crippen molar-refractivity contribution >= 4 is 28.9 Å². The summed E-state index contributed by atoms with van der Waals surface area (Å²) in [6.45, 7) is 1.93. The molecule has 0 saturated carbocycles. The average Bonchev–Trinajstić information content (AvgIpc) is 2.23. The van der Waals surface area contributed by atoms with E-state index in [9.17, 15) is 0 Å². The first-order chi connectivity index (χ1) is 7.59. The van der Waals surface area contributed by atoms with Gasteiger partial charge in [0.25, 0.3) is 0 Å². The number of rotatable bonds is 1. The van der Waals surface area contributed by atoms with Crippen LogP contribution < -0.4 is 5.73 Å². The number of hydrogen-bond acceptors (Lipinski definition) is 2. The van der Waals surface area contributed by atoms with Crippen molar-refractivity contribution in [3.63, 3.8) is 0 Å². The summed E-state index contributed by atoms with van der Waals surface area (Å²) in [5, 5.41) is 1.15. The summed E-state index contributed by atoms with van der Waals surface area (Å²) in [6, 6.07) is 7.14. The molecule has 0 radical (unpaired) electrons. The van der Waals surface area contributed by atoms with E-state index in [1.54, 1.807) is 18.3 Å². The van der Waals surface area contributed by atoms with Gasteiger partial charge in [-0.25, -0.2) is 0 Å². The molecule has 0 aliphatic rings. The van der Waals surface area contributed by atoms with Crippen LogP contribution in [0.5, 0.6) is 0 Å². The molecular weight excluding hydrogens is 243 g/mol. The summed E-state index contributed by atoms with van der Waals surface area (Å²) in [5.74, 6) is 0. The second-order valence-corrected chi connectivity index (χ2v) is 4.36. The molecule has 0 atom stereocenters. The molecule has 0 saturated heterocycles. The van der Waals surface area contributed by atoms with E-state index in [0.29, 0.717) is 21.4 Å². The van der Waals surface area contributed by atoms with E-state index in [-0.39, 0.29) is 0 Å². The minimum atomic E-state index is 0.553. The van der Waals surface area contributed by atoms with Crippen molar-refractivity contribution in [2.45, 2.75) is 6.92 Å². The summed E-state index contributed by atoms with van der Waals surface area (Å²) >= 11 is 11.9. The van der Waals surface area contributed by atoms with Crippen LogP contribution in [0.3, 0.4) is 0 Å². The Morgan fingerprint density at radius 3 is 2.62 bits per heavy atom. The Labute approximate surface area is 104 Å². The smallest absolute Gasteiger partial charge is 0.0948 e. The minimum absolute atomic E-state index is 0.553. The summed E-state index contributed by atoms with van der Waals surface area (Å²) < 4.78 is 0. The Kier molecular flexibility index (Phi) is 3.03. The van der Waals surface area contributed by atoms with Crippen molar-refractivity contribution in [1.29, 1.82) is 0 Å². The predicted molar refractivity (Wildman–Crippen MR) is 68.8 cm³/mol. The number of hydrogen-bond donors (Lipinski definition) is 1. The van der Waals surface area contributed by atoms with Crippen molar-refractivity contribution in [2.24, 2.45) is 0 Å². The molecule has 1 aromatic heterocycles. The molecule has 0 aliphatic carbocycles. The summed E-state index contributed by atoms with van der Waals surface area (Å²) in [6.07, 6.45) is 1.71. The SMILES string of the molecule is Cc1ccnc(-c2ccc(Cl)cc2Cl)c1N. The fourth-order valence-electron chi connectivity index (χ4n) is 1.47. The lowest BCUT2D eigenvalue weighted by Crippen LogP contribution is -1.96. The van der Waals surface area contributed by atoms with E-state index in [1.165, 1.54) is 0 Å². The molecule has 4 heteroatoms. The quantitative estimate of drug-likeness (QED) is 0.835. The number of nitrogens with two attached hydrogens (primary N) is 1. The Balaban J connectivity index is 2.63. The van der Waals surface area contributed by atoms with E-state index in [1.807, 2.05) is 19.1 Å². The van der Waals surface area contributed by atoms with Crippen LogP contribution in [0.25, 0.3) is 11.3 Å². The average molecular weight is 253 g/mol. The maximum absolute atomic E-state index is 6.11. The van der Waals surface area contributed by atoms with Crippen molar-refractivity contribution in [2.75, 3.05) is 5.73 Å². The molecule has 82 valence electrons. The highest BCUT2D eigenvalue weighted by Gasteiger charge is 2.10. The third-order valence-electron chi connectivity index (χ3n) is 2.39. The van der Waals surface area contributed by atoms with Gasteiger partial charge in [-0.15, -0.1) is 0 Å². The molecule has 2 rings (SSSR count). The lowest BCUT2D eigenvalue weighted by atomic mass is 10.1. The number of nitrogens with zero attached hydrogens (tertiary/aromatic N) is 1. The van der Waals surface area contributed by atoms with Crippen LogP contribution >= 0.6 is 23.2 Å². The highest BCUT2D eigenvalue weighted by atomic mass is 35.5. The number of halogens is 2. The largest absolute Gasteiger partial charge is 0.397 e. The lowest BCUT2D eigenvalue weighted by molar-refractivity contribution is 1.29. The van der Waals surface area contributed by atoms with E-state index < -0.39 is 0 Å². The number of anilines is 1. The molecule has 2 nitrogen and oxygen atoms in total. The standard InChI is InChI=1S/C12H10Cl2N2/c1-7-4-5-16-12(11(7)15)9-3-2-8(13)6-10(9)14/h2-6H,15H2,1H3. The van der Waals surface area contributed by atoms with Crippen LogP contribution in [-0.4, -0.2) is 4.98 Å². The van der Waals surface area contributed by atoms with Crippen LogP contribution in [-0.2, 0) is 0 Å². The second-order valence-electron chi connectivity index (χ2n) is 3.51. The summed E-state index contributed by atoms with van der Waals surface area (Å²) in [5.41, 5.74) is 9.09. The van der Waals surface area contributed by atoms with Crippen molar-refractivity contribution < 1.29 is 0 Å². The van der Waals surface area contributed by atoms with Gasteiger partial charge >= 0.3 is 0 Å². The first kappa shape index (κ1) is 11.2. The fourth-order valence-corrected chi connectivity index (χ4v) is 1.96. The number of aromatic nitrogens is 1. The van der Waals surface area contributed by atoms with E-state index in [0.717, 1.165) is 11.1 Å². The molecule has 16 heavy (non-hydrogen) atoms. The van der Waals surface area contributed by atoms with Gasteiger partial charge in [0.2, 0.25) is 0 Å². The minimum Gasteiger partial charge on any atom is -0.397 e. The maximum Gasteiger partial charge on any atom is 0.0948 e. The topological polar surface area (TPSA) is 38.9 Å². The molecule has 0 spiro atoms. The van der Waals surface area contributed by atoms with Gasteiger partial charge in [-0.3, -0.25) is 4.98 Å². The first-order valence-corrected chi connectivity index (χ1v) is 5.51. The lowest BCUT2D eigenvalue weighted by Gasteiger charge is -2.08. The van der Waals surface area contributed by atoms with Gasteiger partial charge in [-0.2, -0.15) is 0 Å². The van der Waals surface area contributed by atoms with Gasteiger partial charge in [0.15, 0.2) is 0 Å². The van der Waals surface area contributed by atoms with Gasteiger partial charge in [0, 0.05) is 16.8 Å². The Hall–Kier alpha value is -1.25. The molecule has 0 bridgehead atoms. The van der Waals surface area contributed by atoms with Gasteiger partial charge in [0.1, 0.15) is 0 Å². The third kappa shape index (κ3) is 1.99. The van der Waals surface area contributed by atoms with Gasteiger partial charge in [-0.1, -0.05) is 23.2 Å². The molecular formula is C12H10Cl2N2. The van der Waals surface area contributed by atoms with Crippen LogP contribution in [0.1, 0.15) is 5.56 Å². The van der Waals surface area contributed by atoms with Crippen LogP contribution in [0, 0.1) is 6.92 Å². The first-order valence-electron chi connectivity index (χ1n) is 4.76. The Morgan fingerprint density at radius 2 is 1.94 bits per heavy atom. The van der Waals surface area contributed by atoms with Crippen molar-refractivity contribution in [1.82, 2.24) is 4.98 Å². The molecule has 0 amide bonds. The normalized spacial score (nSPS) is 10.4. The predicted octanol–water partition coefficient (Wildman–Crippen LogP) is 3.95. The third-order valence-corrected chi connectivity index (χ3v) is 2.94. The number of pyridine rings is 1. The monoisotopic (exact) mass is 252 g/mol. The summed E-state index contributed by atoms with van der Waals surface area (Å²) in [7, 11) is 0. The zero-order valence-electron chi connectivity index (χ0n) is 8.67. The molecule has 1 aromatic carbocycles. The van der Waals surface area contributed by atoms with Gasteiger partial charge < -0.3 is 5.73 Å². The zero-order valence-corrected chi connectivity index (χ0v) is 10.2. The molecule has 2 N–H and O–H groups in total. The highest BCUT2D eigenvalue weighted by molar-refractivity contribution is 6.36. The molecule has 2 aromatic rings. The zero-order chi connectivity index (χ0) is 11.7.